The molecule has 5 aliphatic rings. The Labute approximate surface area is 191 Å². The molecule has 6 heteroatoms. The van der Waals surface area contributed by atoms with Gasteiger partial charge in [-0.25, -0.2) is 0 Å². The lowest BCUT2D eigenvalue weighted by molar-refractivity contribution is -0.148. The number of nitrogens with zero attached hydrogens (tertiary/aromatic N) is 1. The van der Waals surface area contributed by atoms with Gasteiger partial charge in [0.15, 0.2) is 0 Å². The standard InChI is InChI=1S/C26H38N2O4/c1-25(2,21-4-3-5-22(14-21)32-11-8-28-6-9-31-10-7-28)24(29)27-23-19-12-18-13-20(23)17-26(30,15-18)16-19/h3-5,14,18-20,23,30H,6-13,15-17H2,1-2H3,(H,27,29)/t18-,19-,20-,23+,26-/m1/s1. The van der Waals surface area contributed by atoms with E-state index in [2.05, 4.69) is 10.2 Å². The van der Waals surface area contributed by atoms with Gasteiger partial charge in [-0.3, -0.25) is 9.69 Å². The van der Waals surface area contributed by atoms with Gasteiger partial charge in [0.2, 0.25) is 5.91 Å². The molecule has 1 heterocycles. The summed E-state index contributed by atoms with van der Waals surface area (Å²) in [6.45, 7) is 9.01. The molecule has 4 bridgehead atoms. The number of morpholine rings is 1. The van der Waals surface area contributed by atoms with E-state index < -0.39 is 11.0 Å². The van der Waals surface area contributed by atoms with E-state index in [0.29, 0.717) is 24.4 Å². The predicted molar refractivity (Wildman–Crippen MR) is 123 cm³/mol. The lowest BCUT2D eigenvalue weighted by atomic mass is 9.52. The number of amides is 1. The van der Waals surface area contributed by atoms with E-state index in [0.717, 1.165) is 76.3 Å². The fourth-order valence-corrected chi connectivity index (χ4v) is 6.77. The highest BCUT2D eigenvalue weighted by Crippen LogP contribution is 2.55. The Balaban J connectivity index is 1.20. The summed E-state index contributed by atoms with van der Waals surface area (Å²) < 4.78 is 11.4. The highest BCUT2D eigenvalue weighted by Gasteiger charge is 2.55. The van der Waals surface area contributed by atoms with Crippen LogP contribution in [0.4, 0.5) is 0 Å². The molecule has 1 aromatic rings. The molecule has 6 nitrogen and oxygen atoms in total. The summed E-state index contributed by atoms with van der Waals surface area (Å²) in [6.07, 6.45) is 4.95. The molecule has 32 heavy (non-hydrogen) atoms. The molecule has 1 aliphatic heterocycles. The van der Waals surface area contributed by atoms with Gasteiger partial charge in [0.1, 0.15) is 12.4 Å². The first-order valence-electron chi connectivity index (χ1n) is 12.4. The van der Waals surface area contributed by atoms with Crippen molar-refractivity contribution in [2.45, 2.75) is 63.0 Å². The van der Waals surface area contributed by atoms with Crippen LogP contribution in [0.3, 0.4) is 0 Å². The van der Waals surface area contributed by atoms with Gasteiger partial charge >= 0.3 is 0 Å². The first kappa shape index (κ1) is 22.2. The average Bonchev–Trinajstić information content (AvgIpc) is 2.76. The van der Waals surface area contributed by atoms with Crippen LogP contribution in [0.2, 0.25) is 0 Å². The molecule has 1 aromatic carbocycles. The quantitative estimate of drug-likeness (QED) is 0.680. The van der Waals surface area contributed by atoms with Crippen molar-refractivity contribution in [3.8, 4) is 5.75 Å². The Bertz CT molecular complexity index is 819. The molecular weight excluding hydrogens is 404 g/mol. The zero-order valence-corrected chi connectivity index (χ0v) is 19.5. The molecule has 0 radical (unpaired) electrons. The van der Waals surface area contributed by atoms with E-state index in [-0.39, 0.29) is 11.9 Å². The minimum atomic E-state index is -0.644. The SMILES string of the molecule is CC(C)(C(=O)N[C@H]1[C@@H]2C[C@@H]3C[C@@H]1C[C@](O)(C2)C3)c1cccc(OCCN2CCOCC2)c1. The normalized spacial score (nSPS) is 34.5. The molecule has 5 fully saturated rings. The van der Waals surface area contributed by atoms with Crippen molar-refractivity contribution in [2.24, 2.45) is 17.8 Å². The molecule has 2 atom stereocenters. The highest BCUT2D eigenvalue weighted by molar-refractivity contribution is 5.87. The molecule has 4 saturated carbocycles. The van der Waals surface area contributed by atoms with E-state index in [1.807, 2.05) is 38.1 Å². The van der Waals surface area contributed by atoms with Gasteiger partial charge in [-0.2, -0.15) is 0 Å². The predicted octanol–water partition coefficient (Wildman–Crippen LogP) is 2.73. The lowest BCUT2D eigenvalue weighted by Crippen LogP contribution is -2.62. The molecule has 1 saturated heterocycles. The zero-order chi connectivity index (χ0) is 22.3. The van der Waals surface area contributed by atoms with E-state index in [4.69, 9.17) is 9.47 Å². The topological polar surface area (TPSA) is 71.0 Å². The Morgan fingerprint density at radius 3 is 2.62 bits per heavy atom. The Morgan fingerprint density at radius 1 is 1.22 bits per heavy atom. The molecule has 1 amide bonds. The second kappa shape index (κ2) is 8.62. The summed E-state index contributed by atoms with van der Waals surface area (Å²) in [5.74, 6) is 2.37. The van der Waals surface area contributed by atoms with Gasteiger partial charge in [0, 0.05) is 25.7 Å². The first-order chi connectivity index (χ1) is 15.3. The Kier molecular flexibility index (Phi) is 5.97. The minimum Gasteiger partial charge on any atom is -0.492 e. The zero-order valence-electron chi connectivity index (χ0n) is 19.5. The third-order valence-corrected chi connectivity index (χ3v) is 8.44. The van der Waals surface area contributed by atoms with Crippen molar-refractivity contribution in [3.05, 3.63) is 29.8 Å². The third-order valence-electron chi connectivity index (χ3n) is 8.44. The number of nitrogens with one attached hydrogen (secondary N) is 1. The number of hydrogen-bond donors (Lipinski definition) is 2. The number of ether oxygens (including phenoxy) is 2. The van der Waals surface area contributed by atoms with Gasteiger partial charge in [0.25, 0.3) is 0 Å². The van der Waals surface area contributed by atoms with Gasteiger partial charge < -0.3 is 19.9 Å². The maximum absolute atomic E-state index is 13.4. The van der Waals surface area contributed by atoms with Crippen LogP contribution in [0.5, 0.6) is 5.75 Å². The second-order valence-corrected chi connectivity index (χ2v) is 11.1. The van der Waals surface area contributed by atoms with E-state index in [9.17, 15) is 9.90 Å². The van der Waals surface area contributed by atoms with Crippen molar-refractivity contribution < 1.29 is 19.4 Å². The largest absolute Gasteiger partial charge is 0.492 e. The summed E-state index contributed by atoms with van der Waals surface area (Å²) >= 11 is 0. The third kappa shape index (κ3) is 4.42. The molecule has 0 spiro atoms. The van der Waals surface area contributed by atoms with Crippen LogP contribution in [0.25, 0.3) is 0 Å². The number of rotatable bonds is 7. The van der Waals surface area contributed by atoms with Gasteiger partial charge in [-0.05, 0) is 81.4 Å². The lowest BCUT2D eigenvalue weighted by Gasteiger charge is -2.58. The van der Waals surface area contributed by atoms with Crippen LogP contribution in [0.1, 0.15) is 51.5 Å². The minimum absolute atomic E-state index is 0.0763. The van der Waals surface area contributed by atoms with Gasteiger partial charge in [0.05, 0.1) is 24.2 Å². The van der Waals surface area contributed by atoms with Crippen molar-refractivity contribution >= 4 is 5.91 Å². The van der Waals surface area contributed by atoms with Gasteiger partial charge in [-0.1, -0.05) is 12.1 Å². The summed E-state index contributed by atoms with van der Waals surface area (Å²) in [6, 6.07) is 8.18. The highest BCUT2D eigenvalue weighted by atomic mass is 16.5. The van der Waals surface area contributed by atoms with E-state index in [1.54, 1.807) is 0 Å². The Morgan fingerprint density at radius 2 is 1.94 bits per heavy atom. The Hall–Kier alpha value is -1.63. The fraction of sp³-hybridized carbons (Fsp3) is 0.731. The van der Waals surface area contributed by atoms with Crippen LogP contribution in [0.15, 0.2) is 24.3 Å². The molecule has 176 valence electrons. The number of aliphatic hydroxyl groups is 1. The van der Waals surface area contributed by atoms with E-state index >= 15 is 0 Å². The monoisotopic (exact) mass is 442 g/mol. The molecular formula is C26H38N2O4. The molecule has 2 N–H and O–H groups in total. The van der Waals surface area contributed by atoms with Crippen molar-refractivity contribution in [3.63, 3.8) is 0 Å². The number of hydrogen-bond acceptors (Lipinski definition) is 5. The summed E-state index contributed by atoms with van der Waals surface area (Å²) in [7, 11) is 0. The maximum Gasteiger partial charge on any atom is 0.230 e. The van der Waals surface area contributed by atoms with Crippen molar-refractivity contribution in [1.82, 2.24) is 10.2 Å². The second-order valence-electron chi connectivity index (χ2n) is 11.1. The summed E-state index contributed by atoms with van der Waals surface area (Å²) in [4.78, 5) is 15.8. The van der Waals surface area contributed by atoms with Crippen molar-refractivity contribution in [2.75, 3.05) is 39.5 Å². The summed E-state index contributed by atoms with van der Waals surface area (Å²) in [5, 5.41) is 14.3. The van der Waals surface area contributed by atoms with Crippen LogP contribution in [-0.4, -0.2) is 67.0 Å². The van der Waals surface area contributed by atoms with Gasteiger partial charge in [-0.15, -0.1) is 0 Å². The molecule has 4 aliphatic carbocycles. The van der Waals surface area contributed by atoms with Crippen LogP contribution in [0, 0.1) is 17.8 Å². The summed E-state index contributed by atoms with van der Waals surface area (Å²) in [5.41, 5.74) is -0.142. The molecule has 0 aromatic heterocycles. The number of carbonyl (C=O) groups is 1. The average molecular weight is 443 g/mol. The van der Waals surface area contributed by atoms with E-state index in [1.165, 1.54) is 0 Å². The fourth-order valence-electron chi connectivity index (χ4n) is 6.77. The molecule has 6 rings (SSSR count). The maximum atomic E-state index is 13.4. The number of carbonyl (C=O) groups excluding carboxylic acids is 1. The first-order valence-corrected chi connectivity index (χ1v) is 12.4. The molecule has 0 unspecified atom stereocenters. The number of benzene rings is 1. The van der Waals surface area contributed by atoms with Crippen LogP contribution in [-0.2, 0) is 14.9 Å². The van der Waals surface area contributed by atoms with Crippen LogP contribution < -0.4 is 10.1 Å². The van der Waals surface area contributed by atoms with Crippen LogP contribution >= 0.6 is 0 Å². The van der Waals surface area contributed by atoms with Crippen molar-refractivity contribution in [1.29, 1.82) is 0 Å². The smallest absolute Gasteiger partial charge is 0.230 e.